The first-order chi connectivity index (χ1) is 10.8. The molecule has 0 spiro atoms. The van der Waals surface area contributed by atoms with Crippen molar-refractivity contribution in [3.63, 3.8) is 0 Å². The minimum absolute atomic E-state index is 0.0206. The van der Waals surface area contributed by atoms with Crippen molar-refractivity contribution < 1.29 is 9.84 Å². The van der Waals surface area contributed by atoms with Gasteiger partial charge in [0.05, 0.1) is 25.4 Å². The van der Waals surface area contributed by atoms with Gasteiger partial charge in [-0.05, 0) is 18.2 Å². The molecule has 0 saturated heterocycles. The standard InChI is InChI=1S/C13H15N7O2/c1-22-13-18-11(14-4-5-21)17-12(19-13)16-9-3-2-8-7-15-20-10(8)6-9/h2-3,6-7,21H,4-5H2,1H3,(H,15,20)(H2,14,16,17,18,19). The number of aliphatic hydroxyl groups is 1. The predicted octanol–water partition coefficient (Wildman–Crippen LogP) is 0.904. The van der Waals surface area contributed by atoms with Crippen molar-refractivity contribution in [1.82, 2.24) is 25.1 Å². The summed E-state index contributed by atoms with van der Waals surface area (Å²) in [7, 11) is 1.48. The largest absolute Gasteiger partial charge is 0.467 e. The van der Waals surface area contributed by atoms with Gasteiger partial charge in [-0.25, -0.2) is 0 Å². The summed E-state index contributed by atoms with van der Waals surface area (Å²) in [6.07, 6.45) is 1.75. The number of rotatable bonds is 6. The van der Waals surface area contributed by atoms with Gasteiger partial charge in [0.1, 0.15) is 0 Å². The van der Waals surface area contributed by atoms with E-state index in [-0.39, 0.29) is 12.6 Å². The van der Waals surface area contributed by atoms with E-state index in [2.05, 4.69) is 35.8 Å². The lowest BCUT2D eigenvalue weighted by Gasteiger charge is -2.09. The van der Waals surface area contributed by atoms with Crippen LogP contribution in [0.3, 0.4) is 0 Å². The van der Waals surface area contributed by atoms with E-state index in [1.807, 2.05) is 18.2 Å². The molecule has 9 nitrogen and oxygen atoms in total. The number of nitrogens with zero attached hydrogens (tertiary/aromatic N) is 4. The van der Waals surface area contributed by atoms with Crippen LogP contribution in [0.1, 0.15) is 0 Å². The molecule has 0 aliphatic rings. The fraction of sp³-hybridized carbons (Fsp3) is 0.231. The second-order valence-electron chi connectivity index (χ2n) is 4.42. The number of aromatic amines is 1. The zero-order valence-corrected chi connectivity index (χ0v) is 11.9. The minimum Gasteiger partial charge on any atom is -0.467 e. The number of hydrogen-bond acceptors (Lipinski definition) is 8. The number of anilines is 3. The molecule has 22 heavy (non-hydrogen) atoms. The Balaban J connectivity index is 1.86. The molecule has 4 N–H and O–H groups in total. The molecule has 0 radical (unpaired) electrons. The van der Waals surface area contributed by atoms with Crippen molar-refractivity contribution in [3.05, 3.63) is 24.4 Å². The van der Waals surface area contributed by atoms with Crippen LogP contribution in [0.25, 0.3) is 10.9 Å². The molecule has 0 atom stereocenters. The number of hydrogen-bond donors (Lipinski definition) is 4. The van der Waals surface area contributed by atoms with E-state index in [1.165, 1.54) is 7.11 Å². The van der Waals surface area contributed by atoms with Gasteiger partial charge in [-0.3, -0.25) is 5.10 Å². The number of ether oxygens (including phenoxy) is 1. The zero-order valence-electron chi connectivity index (χ0n) is 11.9. The number of aliphatic hydroxyl groups excluding tert-OH is 1. The normalized spacial score (nSPS) is 10.6. The SMILES string of the molecule is COc1nc(NCCO)nc(Nc2ccc3cn[nH]c3c2)n1. The van der Waals surface area contributed by atoms with Gasteiger partial charge in [0.25, 0.3) is 0 Å². The third-order valence-electron chi connectivity index (χ3n) is 2.89. The van der Waals surface area contributed by atoms with Crippen molar-refractivity contribution in [2.24, 2.45) is 0 Å². The van der Waals surface area contributed by atoms with Gasteiger partial charge in [0, 0.05) is 17.6 Å². The highest BCUT2D eigenvalue weighted by molar-refractivity contribution is 5.82. The quantitative estimate of drug-likeness (QED) is 0.530. The highest BCUT2D eigenvalue weighted by atomic mass is 16.5. The fourth-order valence-corrected chi connectivity index (χ4v) is 1.89. The van der Waals surface area contributed by atoms with Crippen molar-refractivity contribution >= 4 is 28.5 Å². The van der Waals surface area contributed by atoms with Gasteiger partial charge in [-0.2, -0.15) is 20.1 Å². The maximum absolute atomic E-state index is 8.85. The highest BCUT2D eigenvalue weighted by Gasteiger charge is 2.07. The summed E-state index contributed by atoms with van der Waals surface area (Å²) in [5.74, 6) is 0.664. The Morgan fingerprint density at radius 1 is 1.23 bits per heavy atom. The van der Waals surface area contributed by atoms with Crippen molar-refractivity contribution in [2.45, 2.75) is 0 Å². The second-order valence-corrected chi connectivity index (χ2v) is 4.42. The smallest absolute Gasteiger partial charge is 0.322 e. The molecule has 1 aromatic carbocycles. The molecule has 114 valence electrons. The summed E-state index contributed by atoms with van der Waals surface area (Å²) in [5, 5.41) is 22.7. The van der Waals surface area contributed by atoms with Crippen LogP contribution in [0.2, 0.25) is 0 Å². The van der Waals surface area contributed by atoms with Crippen LogP contribution in [-0.4, -0.2) is 50.5 Å². The molecule has 3 aromatic rings. The lowest BCUT2D eigenvalue weighted by atomic mass is 10.2. The van der Waals surface area contributed by atoms with Gasteiger partial charge in [0.15, 0.2) is 0 Å². The number of fused-ring (bicyclic) bond motifs is 1. The molecule has 0 fully saturated rings. The first kappa shape index (κ1) is 14.0. The third-order valence-corrected chi connectivity index (χ3v) is 2.89. The Hall–Kier alpha value is -2.94. The highest BCUT2D eigenvalue weighted by Crippen LogP contribution is 2.20. The molecule has 0 aliphatic heterocycles. The summed E-state index contributed by atoms with van der Waals surface area (Å²) in [6, 6.07) is 5.92. The molecule has 2 heterocycles. The van der Waals surface area contributed by atoms with Gasteiger partial charge in [-0.15, -0.1) is 0 Å². The Kier molecular flexibility index (Phi) is 3.97. The Labute approximate surface area is 125 Å². The first-order valence-electron chi connectivity index (χ1n) is 6.63. The molecule has 0 aliphatic carbocycles. The van der Waals surface area contributed by atoms with Crippen LogP contribution in [0, 0.1) is 0 Å². The summed E-state index contributed by atoms with van der Waals surface area (Å²) in [6.45, 7) is 0.319. The van der Waals surface area contributed by atoms with Gasteiger partial charge in [-0.1, -0.05) is 0 Å². The van der Waals surface area contributed by atoms with Crippen LogP contribution in [0.4, 0.5) is 17.6 Å². The molecule has 0 bridgehead atoms. The molecule has 9 heteroatoms. The molecule has 0 unspecified atom stereocenters. The van der Waals surface area contributed by atoms with E-state index in [4.69, 9.17) is 9.84 Å². The van der Waals surface area contributed by atoms with Crippen LogP contribution < -0.4 is 15.4 Å². The third kappa shape index (κ3) is 3.04. The Bertz CT molecular complexity index is 774. The van der Waals surface area contributed by atoms with Crippen molar-refractivity contribution in [2.75, 3.05) is 30.9 Å². The lowest BCUT2D eigenvalue weighted by Crippen LogP contribution is -2.11. The monoisotopic (exact) mass is 301 g/mol. The van der Waals surface area contributed by atoms with E-state index in [0.717, 1.165) is 16.6 Å². The zero-order chi connectivity index (χ0) is 15.4. The van der Waals surface area contributed by atoms with Crippen LogP contribution in [-0.2, 0) is 0 Å². The number of aromatic nitrogens is 5. The number of nitrogens with one attached hydrogen (secondary N) is 3. The molecule has 0 saturated carbocycles. The van der Waals surface area contributed by atoms with Crippen LogP contribution >= 0.6 is 0 Å². The van der Waals surface area contributed by atoms with Crippen molar-refractivity contribution in [3.8, 4) is 6.01 Å². The summed E-state index contributed by atoms with van der Waals surface area (Å²) in [4.78, 5) is 12.4. The maximum Gasteiger partial charge on any atom is 0.322 e. The Morgan fingerprint density at radius 2 is 2.09 bits per heavy atom. The summed E-state index contributed by atoms with van der Waals surface area (Å²) in [5.41, 5.74) is 1.71. The van der Waals surface area contributed by atoms with E-state index >= 15 is 0 Å². The average molecular weight is 301 g/mol. The lowest BCUT2D eigenvalue weighted by molar-refractivity contribution is 0.310. The summed E-state index contributed by atoms with van der Waals surface area (Å²) >= 11 is 0. The summed E-state index contributed by atoms with van der Waals surface area (Å²) < 4.78 is 5.05. The number of benzene rings is 1. The molecule has 0 amide bonds. The van der Waals surface area contributed by atoms with E-state index in [9.17, 15) is 0 Å². The number of H-pyrrole nitrogens is 1. The fourth-order valence-electron chi connectivity index (χ4n) is 1.89. The van der Waals surface area contributed by atoms with Crippen LogP contribution in [0.5, 0.6) is 6.01 Å². The second kappa shape index (κ2) is 6.22. The van der Waals surface area contributed by atoms with Gasteiger partial charge >= 0.3 is 6.01 Å². The van der Waals surface area contributed by atoms with E-state index < -0.39 is 0 Å². The number of methoxy groups -OCH3 is 1. The van der Waals surface area contributed by atoms with Crippen molar-refractivity contribution in [1.29, 1.82) is 0 Å². The van der Waals surface area contributed by atoms with Gasteiger partial charge < -0.3 is 20.5 Å². The molecule has 3 rings (SSSR count). The molecular weight excluding hydrogens is 286 g/mol. The predicted molar refractivity (Wildman–Crippen MR) is 81.3 cm³/mol. The van der Waals surface area contributed by atoms with Crippen LogP contribution in [0.15, 0.2) is 24.4 Å². The molecule has 2 aromatic heterocycles. The topological polar surface area (TPSA) is 121 Å². The van der Waals surface area contributed by atoms with E-state index in [0.29, 0.717) is 18.4 Å². The first-order valence-corrected chi connectivity index (χ1v) is 6.63. The van der Waals surface area contributed by atoms with E-state index in [1.54, 1.807) is 6.20 Å². The van der Waals surface area contributed by atoms with Gasteiger partial charge in [0.2, 0.25) is 11.9 Å². The molecular formula is C13H15N7O2. The maximum atomic E-state index is 8.85. The minimum atomic E-state index is -0.0206. The average Bonchev–Trinajstić information content (AvgIpc) is 3.00. The Morgan fingerprint density at radius 3 is 2.91 bits per heavy atom.